The van der Waals surface area contributed by atoms with Gasteiger partial charge in [-0.1, -0.05) is 18.7 Å². The van der Waals surface area contributed by atoms with Crippen LogP contribution in [0.25, 0.3) is 5.70 Å². The third kappa shape index (κ3) is 7.24. The van der Waals surface area contributed by atoms with Crippen molar-refractivity contribution < 1.29 is 14.4 Å². The van der Waals surface area contributed by atoms with Gasteiger partial charge in [-0.3, -0.25) is 24.9 Å². The number of carbonyl (C=O) groups excluding carboxylic acids is 2. The number of carbonyl (C=O) groups is 2. The van der Waals surface area contributed by atoms with E-state index in [9.17, 15) is 9.59 Å². The van der Waals surface area contributed by atoms with Gasteiger partial charge in [0.05, 0.1) is 21.1 Å². The summed E-state index contributed by atoms with van der Waals surface area (Å²) in [6.45, 7) is 9.98. The molecule has 34 heavy (non-hydrogen) atoms. The van der Waals surface area contributed by atoms with Crippen molar-refractivity contribution in [3.63, 3.8) is 0 Å². The van der Waals surface area contributed by atoms with Gasteiger partial charge in [-0.2, -0.15) is 0 Å². The highest BCUT2D eigenvalue weighted by atomic mass is 32.1. The van der Waals surface area contributed by atoms with E-state index in [-0.39, 0.29) is 24.0 Å². The summed E-state index contributed by atoms with van der Waals surface area (Å²) < 4.78 is 0. The molecule has 8 nitrogen and oxygen atoms in total. The molecule has 0 aliphatic rings. The van der Waals surface area contributed by atoms with Gasteiger partial charge >= 0.3 is 0 Å². The summed E-state index contributed by atoms with van der Waals surface area (Å²) in [6, 6.07) is 13.5. The van der Waals surface area contributed by atoms with E-state index in [0.717, 1.165) is 10.4 Å². The third-order valence-corrected chi connectivity index (χ3v) is 5.77. The van der Waals surface area contributed by atoms with E-state index >= 15 is 0 Å². The predicted molar refractivity (Wildman–Crippen MR) is 135 cm³/mol. The van der Waals surface area contributed by atoms with Crippen LogP contribution in [0.3, 0.4) is 0 Å². The van der Waals surface area contributed by atoms with Crippen molar-refractivity contribution in [3.05, 3.63) is 88.4 Å². The Labute approximate surface area is 203 Å². The normalized spacial score (nSPS) is 12.0. The van der Waals surface area contributed by atoms with Crippen molar-refractivity contribution >= 4 is 34.5 Å². The Bertz CT molecular complexity index is 1140. The van der Waals surface area contributed by atoms with E-state index in [1.165, 1.54) is 11.3 Å². The van der Waals surface area contributed by atoms with Crippen LogP contribution < -0.4 is 21.8 Å². The van der Waals surface area contributed by atoms with Crippen LogP contribution in [0.2, 0.25) is 0 Å². The number of anilines is 1. The van der Waals surface area contributed by atoms with Gasteiger partial charge in [-0.15, -0.1) is 11.3 Å². The number of benzene rings is 1. The van der Waals surface area contributed by atoms with Crippen LogP contribution in [0.1, 0.15) is 57.3 Å². The predicted octanol–water partition coefficient (Wildman–Crippen LogP) is 4.12. The number of amides is 2. The van der Waals surface area contributed by atoms with Gasteiger partial charge < -0.3 is 16.4 Å². The molecule has 0 aliphatic carbocycles. The van der Waals surface area contributed by atoms with Gasteiger partial charge in [0, 0.05) is 36.2 Å². The maximum atomic E-state index is 12.6. The molecule has 0 saturated carbocycles. The molecule has 0 spiro atoms. The van der Waals surface area contributed by atoms with Crippen LogP contribution in [0, 0.1) is 0 Å². The monoisotopic (exact) mass is 479 g/mol. The first-order valence-electron chi connectivity index (χ1n) is 10.7. The number of aromatic nitrogens is 1. The summed E-state index contributed by atoms with van der Waals surface area (Å²) in [5, 5.41) is 5.66. The van der Waals surface area contributed by atoms with Crippen molar-refractivity contribution in [1.82, 2.24) is 15.8 Å². The fourth-order valence-corrected chi connectivity index (χ4v) is 3.65. The molecule has 5 N–H and O–H groups in total. The van der Waals surface area contributed by atoms with Crippen LogP contribution in [0.5, 0.6) is 0 Å². The number of rotatable bonds is 9. The minimum atomic E-state index is -0.419. The molecule has 3 rings (SSSR count). The highest BCUT2D eigenvalue weighted by Gasteiger charge is 2.16. The number of pyridine rings is 1. The average Bonchev–Trinajstić information content (AvgIpc) is 3.31. The number of hydrogen-bond acceptors (Lipinski definition) is 7. The lowest BCUT2D eigenvalue weighted by Crippen LogP contribution is -2.31. The minimum absolute atomic E-state index is 0.218. The minimum Gasteiger partial charge on any atom is -0.349 e. The first kappa shape index (κ1) is 25.1. The molecule has 0 aliphatic heterocycles. The number of thiophene rings is 1. The smallest absolute Gasteiger partial charge is 0.261 e. The molecule has 0 fully saturated rings. The summed E-state index contributed by atoms with van der Waals surface area (Å²) in [7, 11) is 0. The molecule has 0 radical (unpaired) electrons. The van der Waals surface area contributed by atoms with Crippen molar-refractivity contribution in [3.8, 4) is 0 Å². The largest absolute Gasteiger partial charge is 0.349 e. The summed E-state index contributed by atoms with van der Waals surface area (Å²) in [6.07, 6.45) is 3.22. The van der Waals surface area contributed by atoms with Crippen LogP contribution >= 0.6 is 11.3 Å². The molecule has 2 aromatic heterocycles. The molecule has 3 aromatic rings. The molecular weight excluding hydrogens is 450 g/mol. The fraction of sp³-hybridized carbons (Fsp3) is 0.240. The van der Waals surface area contributed by atoms with E-state index in [4.69, 9.17) is 10.6 Å². The molecule has 1 unspecified atom stereocenters. The summed E-state index contributed by atoms with van der Waals surface area (Å²) in [5.74, 6) is -0.443. The van der Waals surface area contributed by atoms with Crippen molar-refractivity contribution in [2.24, 2.45) is 5.73 Å². The second-order valence-corrected chi connectivity index (χ2v) is 9.67. The Morgan fingerprint density at radius 2 is 1.68 bits per heavy atom. The Hall–Kier alpha value is -3.53. The molecule has 1 aromatic carbocycles. The quantitative estimate of drug-likeness (QED) is 0.343. The van der Waals surface area contributed by atoms with Crippen LogP contribution in [-0.4, -0.2) is 28.9 Å². The van der Waals surface area contributed by atoms with E-state index in [1.807, 2.05) is 26.8 Å². The highest BCUT2D eigenvalue weighted by molar-refractivity contribution is 7.15. The lowest BCUT2D eigenvalue weighted by atomic mass is 10.0. The Kier molecular flexibility index (Phi) is 8.17. The van der Waals surface area contributed by atoms with Crippen molar-refractivity contribution in [2.45, 2.75) is 32.4 Å². The number of nitrogens with zero attached hydrogens (tertiary/aromatic N) is 1. The Morgan fingerprint density at radius 3 is 2.32 bits per heavy atom. The van der Waals surface area contributed by atoms with Gasteiger partial charge in [-0.05, 0) is 62.7 Å². The molecule has 0 bridgehead atoms. The summed E-state index contributed by atoms with van der Waals surface area (Å²) >= 11 is 1.31. The van der Waals surface area contributed by atoms with E-state index in [1.54, 1.807) is 54.9 Å². The molecule has 0 saturated heterocycles. The third-order valence-electron chi connectivity index (χ3n) is 4.63. The number of nitrogens with one attached hydrogen (secondary N) is 3. The fourth-order valence-electron chi connectivity index (χ4n) is 2.81. The number of hydroxylamine groups is 1. The zero-order chi connectivity index (χ0) is 24.7. The average molecular weight is 480 g/mol. The first-order chi connectivity index (χ1) is 16.1. The number of hydrogen-bond donors (Lipinski definition) is 4. The molecular formula is C25H29N5O3S. The Balaban J connectivity index is 1.51. The molecule has 2 amide bonds. The van der Waals surface area contributed by atoms with Crippen LogP contribution in [-0.2, 0) is 4.84 Å². The summed E-state index contributed by atoms with van der Waals surface area (Å²) in [5.41, 5.74) is 11.3. The van der Waals surface area contributed by atoms with E-state index < -0.39 is 6.04 Å². The SMILES string of the molecule is C=C(NOC(C)(C)C)c1ccc(C(=O)NCC(N)c2ccc(C(=O)Nc3ccncc3)cc2)s1. The lowest BCUT2D eigenvalue weighted by molar-refractivity contribution is -0.0468. The van der Waals surface area contributed by atoms with Gasteiger partial charge in [0.15, 0.2) is 0 Å². The van der Waals surface area contributed by atoms with Crippen LogP contribution in [0.4, 0.5) is 5.69 Å². The molecule has 2 heterocycles. The highest BCUT2D eigenvalue weighted by Crippen LogP contribution is 2.23. The molecule has 178 valence electrons. The van der Waals surface area contributed by atoms with E-state index in [2.05, 4.69) is 27.7 Å². The second-order valence-electron chi connectivity index (χ2n) is 8.59. The van der Waals surface area contributed by atoms with Crippen molar-refractivity contribution in [1.29, 1.82) is 0 Å². The van der Waals surface area contributed by atoms with Crippen molar-refractivity contribution in [2.75, 3.05) is 11.9 Å². The standard InChI is InChI=1S/C25H29N5O3S/c1-16(30-33-25(2,3)4)21-9-10-22(34-21)24(32)28-15-20(26)17-5-7-18(8-6-17)23(31)29-19-11-13-27-14-12-19/h5-14,20,30H,1,15,26H2,2-4H3,(H,28,32)(H,27,29,31). The molecule has 1 atom stereocenters. The van der Waals surface area contributed by atoms with Gasteiger partial charge in [0.1, 0.15) is 0 Å². The zero-order valence-corrected chi connectivity index (χ0v) is 20.2. The Morgan fingerprint density at radius 1 is 1.03 bits per heavy atom. The van der Waals surface area contributed by atoms with E-state index in [0.29, 0.717) is 21.8 Å². The lowest BCUT2D eigenvalue weighted by Gasteiger charge is -2.20. The van der Waals surface area contributed by atoms with Gasteiger partial charge in [-0.25, -0.2) is 0 Å². The summed E-state index contributed by atoms with van der Waals surface area (Å²) in [4.78, 5) is 35.7. The maximum Gasteiger partial charge on any atom is 0.261 e. The maximum absolute atomic E-state index is 12.6. The molecule has 9 heteroatoms. The van der Waals surface area contributed by atoms with Gasteiger partial charge in [0.25, 0.3) is 11.8 Å². The van der Waals surface area contributed by atoms with Gasteiger partial charge in [0.2, 0.25) is 0 Å². The zero-order valence-electron chi connectivity index (χ0n) is 19.4. The first-order valence-corrected chi connectivity index (χ1v) is 11.5. The number of nitrogens with two attached hydrogens (primary N) is 1. The topological polar surface area (TPSA) is 118 Å². The van der Waals surface area contributed by atoms with Crippen LogP contribution in [0.15, 0.2) is 67.5 Å². The second kappa shape index (κ2) is 11.1.